The number of hydrogen-bond donors (Lipinski definition) is 1. The van der Waals surface area contributed by atoms with Gasteiger partial charge in [0.15, 0.2) is 5.82 Å². The lowest BCUT2D eigenvalue weighted by atomic mass is 10.1. The third kappa shape index (κ3) is 4.60. The normalized spacial score (nSPS) is 11.5. The van der Waals surface area contributed by atoms with Crippen LogP contribution in [0.4, 0.5) is 19.0 Å². The first-order chi connectivity index (χ1) is 13.1. The molecular formula is C18H11Cl3F3N3O. The van der Waals surface area contributed by atoms with Gasteiger partial charge in [-0.15, -0.1) is 0 Å². The van der Waals surface area contributed by atoms with Crippen LogP contribution < -0.4 is 5.32 Å². The Kier molecular flexibility index (Phi) is 5.88. The Hall–Kier alpha value is -2.22. The number of anilines is 1. The maximum absolute atomic E-state index is 13.2. The Labute approximate surface area is 172 Å². The van der Waals surface area contributed by atoms with Crippen molar-refractivity contribution in [1.29, 1.82) is 0 Å². The van der Waals surface area contributed by atoms with Crippen molar-refractivity contribution in [3.63, 3.8) is 0 Å². The SMILES string of the molecule is O=C(Nc1ccn(Cc2cc(Cl)ccc2C(F)(F)F)n1)c1c(Cl)cccc1Cl. The molecule has 0 aliphatic carbocycles. The minimum Gasteiger partial charge on any atom is -0.305 e. The van der Waals surface area contributed by atoms with E-state index in [0.717, 1.165) is 6.07 Å². The molecule has 3 aromatic rings. The number of carbonyl (C=O) groups excluding carboxylic acids is 1. The minimum absolute atomic E-state index is 0.0462. The van der Waals surface area contributed by atoms with Crippen LogP contribution in [0.25, 0.3) is 0 Å². The molecule has 0 bridgehead atoms. The van der Waals surface area contributed by atoms with E-state index in [2.05, 4.69) is 10.4 Å². The average Bonchev–Trinajstić information content (AvgIpc) is 3.00. The Morgan fingerprint density at radius 1 is 1.07 bits per heavy atom. The Balaban J connectivity index is 1.81. The van der Waals surface area contributed by atoms with Gasteiger partial charge in [-0.1, -0.05) is 40.9 Å². The van der Waals surface area contributed by atoms with Crippen LogP contribution in [0.2, 0.25) is 15.1 Å². The van der Waals surface area contributed by atoms with E-state index in [1.807, 2.05) is 0 Å². The zero-order chi connectivity index (χ0) is 20.5. The van der Waals surface area contributed by atoms with Crippen molar-refractivity contribution >= 4 is 46.5 Å². The van der Waals surface area contributed by atoms with Crippen molar-refractivity contribution in [1.82, 2.24) is 9.78 Å². The van der Waals surface area contributed by atoms with Crippen LogP contribution in [0, 0.1) is 0 Å². The van der Waals surface area contributed by atoms with Gasteiger partial charge in [0.05, 0.1) is 27.7 Å². The summed E-state index contributed by atoms with van der Waals surface area (Å²) < 4.78 is 40.8. The van der Waals surface area contributed by atoms with Gasteiger partial charge in [0.1, 0.15) is 0 Å². The highest BCUT2D eigenvalue weighted by Crippen LogP contribution is 2.33. The number of nitrogens with one attached hydrogen (secondary N) is 1. The van der Waals surface area contributed by atoms with Gasteiger partial charge in [0.2, 0.25) is 0 Å². The van der Waals surface area contributed by atoms with Crippen molar-refractivity contribution in [2.75, 3.05) is 5.32 Å². The van der Waals surface area contributed by atoms with E-state index in [1.54, 1.807) is 6.07 Å². The number of halogens is 6. The molecule has 146 valence electrons. The highest BCUT2D eigenvalue weighted by molar-refractivity contribution is 6.40. The average molecular weight is 449 g/mol. The summed E-state index contributed by atoms with van der Waals surface area (Å²) in [4.78, 5) is 12.4. The summed E-state index contributed by atoms with van der Waals surface area (Å²) in [6.45, 7) is -0.182. The molecule has 1 amide bonds. The van der Waals surface area contributed by atoms with Crippen LogP contribution in [-0.2, 0) is 12.7 Å². The first kappa shape index (κ1) is 20.5. The van der Waals surface area contributed by atoms with Gasteiger partial charge in [0, 0.05) is 17.3 Å². The lowest BCUT2D eigenvalue weighted by Crippen LogP contribution is -2.15. The lowest BCUT2D eigenvalue weighted by Gasteiger charge is -2.13. The quantitative estimate of drug-likeness (QED) is 0.519. The van der Waals surface area contributed by atoms with Gasteiger partial charge in [-0.25, -0.2) is 0 Å². The van der Waals surface area contributed by atoms with Crippen molar-refractivity contribution < 1.29 is 18.0 Å². The summed E-state index contributed by atoms with van der Waals surface area (Å²) in [7, 11) is 0. The Bertz CT molecular complexity index is 1010. The molecule has 1 heterocycles. The summed E-state index contributed by atoms with van der Waals surface area (Å²) in [6, 6.07) is 9.39. The van der Waals surface area contributed by atoms with Crippen LogP contribution in [-0.4, -0.2) is 15.7 Å². The fourth-order valence-electron chi connectivity index (χ4n) is 2.55. The maximum atomic E-state index is 13.2. The molecule has 0 spiro atoms. The molecule has 0 saturated heterocycles. The molecular weight excluding hydrogens is 438 g/mol. The van der Waals surface area contributed by atoms with Crippen LogP contribution in [0.3, 0.4) is 0 Å². The molecule has 28 heavy (non-hydrogen) atoms. The summed E-state index contributed by atoms with van der Waals surface area (Å²) in [5.74, 6) is -0.448. The molecule has 0 aliphatic rings. The molecule has 10 heteroatoms. The molecule has 0 fully saturated rings. The molecule has 0 saturated carbocycles. The fourth-order valence-corrected chi connectivity index (χ4v) is 3.32. The van der Waals surface area contributed by atoms with Crippen LogP contribution in [0.15, 0.2) is 48.7 Å². The van der Waals surface area contributed by atoms with Crippen molar-refractivity contribution in [3.05, 3.63) is 80.4 Å². The lowest BCUT2D eigenvalue weighted by molar-refractivity contribution is -0.138. The zero-order valence-corrected chi connectivity index (χ0v) is 16.2. The van der Waals surface area contributed by atoms with E-state index < -0.39 is 17.6 Å². The highest BCUT2D eigenvalue weighted by Gasteiger charge is 2.33. The van der Waals surface area contributed by atoms with Gasteiger partial charge in [-0.2, -0.15) is 18.3 Å². The van der Waals surface area contributed by atoms with E-state index in [4.69, 9.17) is 34.8 Å². The zero-order valence-electron chi connectivity index (χ0n) is 13.9. The van der Waals surface area contributed by atoms with Gasteiger partial charge in [-0.3, -0.25) is 9.48 Å². The molecule has 0 radical (unpaired) electrons. The molecule has 4 nitrogen and oxygen atoms in total. The van der Waals surface area contributed by atoms with Crippen LogP contribution in [0.5, 0.6) is 0 Å². The van der Waals surface area contributed by atoms with E-state index in [0.29, 0.717) is 0 Å². The number of rotatable bonds is 4. The van der Waals surface area contributed by atoms with Gasteiger partial charge < -0.3 is 5.32 Å². The second-order valence-corrected chi connectivity index (χ2v) is 7.00. The number of hydrogen-bond acceptors (Lipinski definition) is 2. The van der Waals surface area contributed by atoms with Gasteiger partial charge in [0.25, 0.3) is 5.91 Å². The summed E-state index contributed by atoms with van der Waals surface area (Å²) in [5, 5.41) is 7.09. The monoisotopic (exact) mass is 447 g/mol. The number of benzene rings is 2. The second-order valence-electron chi connectivity index (χ2n) is 5.75. The van der Waals surface area contributed by atoms with Gasteiger partial charge in [-0.05, 0) is 35.9 Å². The summed E-state index contributed by atoms with van der Waals surface area (Å²) >= 11 is 17.8. The van der Waals surface area contributed by atoms with Crippen LogP contribution in [0.1, 0.15) is 21.5 Å². The first-order valence-electron chi connectivity index (χ1n) is 7.79. The first-order valence-corrected chi connectivity index (χ1v) is 8.93. The Morgan fingerprint density at radius 3 is 2.39 bits per heavy atom. The molecule has 0 aliphatic heterocycles. The standard InChI is InChI=1S/C18H11Cl3F3N3O/c19-11-4-5-12(18(22,23)24)10(8-11)9-27-7-6-15(26-27)25-17(28)16-13(20)2-1-3-14(16)21/h1-8H,9H2,(H,25,26,28). The molecule has 1 aromatic heterocycles. The topological polar surface area (TPSA) is 46.9 Å². The smallest absolute Gasteiger partial charge is 0.305 e. The third-order valence-corrected chi connectivity index (χ3v) is 4.64. The summed E-state index contributed by atoms with van der Waals surface area (Å²) in [6.07, 6.45) is -3.09. The van der Waals surface area contributed by atoms with E-state index >= 15 is 0 Å². The fraction of sp³-hybridized carbons (Fsp3) is 0.111. The number of amides is 1. The number of aromatic nitrogens is 2. The van der Waals surface area contributed by atoms with Crippen molar-refractivity contribution in [2.45, 2.75) is 12.7 Å². The van der Waals surface area contributed by atoms with E-state index in [-0.39, 0.29) is 38.6 Å². The predicted molar refractivity (Wildman–Crippen MR) is 102 cm³/mol. The second kappa shape index (κ2) is 8.03. The highest BCUT2D eigenvalue weighted by atomic mass is 35.5. The van der Waals surface area contributed by atoms with Crippen molar-refractivity contribution in [2.24, 2.45) is 0 Å². The largest absolute Gasteiger partial charge is 0.416 e. The third-order valence-electron chi connectivity index (χ3n) is 3.78. The van der Waals surface area contributed by atoms with Crippen LogP contribution >= 0.6 is 34.8 Å². The maximum Gasteiger partial charge on any atom is 0.416 e. The number of alkyl halides is 3. The summed E-state index contributed by atoms with van der Waals surface area (Å²) in [5.41, 5.74) is -0.773. The van der Waals surface area contributed by atoms with E-state index in [9.17, 15) is 18.0 Å². The molecule has 2 aromatic carbocycles. The number of carbonyl (C=O) groups is 1. The molecule has 3 rings (SSSR count). The minimum atomic E-state index is -4.52. The molecule has 1 N–H and O–H groups in total. The van der Waals surface area contributed by atoms with Gasteiger partial charge >= 0.3 is 6.18 Å². The number of nitrogens with zero attached hydrogens (tertiary/aromatic N) is 2. The molecule has 0 atom stereocenters. The molecule has 0 unspecified atom stereocenters. The predicted octanol–water partition coefficient (Wildman–Crippen LogP) is 6.16. The van der Waals surface area contributed by atoms with Crippen molar-refractivity contribution in [3.8, 4) is 0 Å². The Morgan fingerprint density at radius 2 is 1.75 bits per heavy atom. The van der Waals surface area contributed by atoms with E-state index in [1.165, 1.54) is 41.2 Å².